The first-order chi connectivity index (χ1) is 9.18. The van der Waals surface area contributed by atoms with E-state index in [0.717, 1.165) is 6.54 Å². The van der Waals surface area contributed by atoms with Crippen LogP contribution in [-0.2, 0) is 6.54 Å². The molecule has 0 amide bonds. The van der Waals surface area contributed by atoms with Gasteiger partial charge in [-0.3, -0.25) is 0 Å². The Labute approximate surface area is 113 Å². The largest absolute Gasteiger partial charge is 0.339 e. The molecule has 2 heteroatoms. The zero-order valence-corrected chi connectivity index (χ0v) is 11.5. The minimum Gasteiger partial charge on any atom is -0.339 e. The minimum absolute atomic E-state index is 0.180. The van der Waals surface area contributed by atoms with Gasteiger partial charge in [0.25, 0.3) is 0 Å². The summed E-state index contributed by atoms with van der Waals surface area (Å²) in [5.74, 6) is 0.486. The Kier molecular flexibility index (Phi) is 3.03. The molecule has 1 unspecified atom stereocenters. The van der Waals surface area contributed by atoms with Crippen molar-refractivity contribution in [2.24, 2.45) is 11.7 Å². The molecule has 3 aromatic rings. The molecular weight excluding hydrogens is 232 g/mol. The van der Waals surface area contributed by atoms with Crippen molar-refractivity contribution in [1.82, 2.24) is 4.57 Å². The Morgan fingerprint density at radius 2 is 1.37 bits per heavy atom. The number of rotatable bonds is 3. The summed E-state index contributed by atoms with van der Waals surface area (Å²) < 4.78 is 2.36. The lowest BCUT2D eigenvalue weighted by Gasteiger charge is -2.18. The van der Waals surface area contributed by atoms with Crippen LogP contribution in [0.2, 0.25) is 0 Å². The van der Waals surface area contributed by atoms with E-state index in [0.29, 0.717) is 5.92 Å². The van der Waals surface area contributed by atoms with Gasteiger partial charge in [-0.25, -0.2) is 0 Å². The van der Waals surface area contributed by atoms with E-state index in [1.54, 1.807) is 0 Å². The highest BCUT2D eigenvalue weighted by Gasteiger charge is 2.14. The fourth-order valence-electron chi connectivity index (χ4n) is 2.62. The van der Waals surface area contributed by atoms with Gasteiger partial charge < -0.3 is 10.3 Å². The van der Waals surface area contributed by atoms with Crippen molar-refractivity contribution in [2.45, 2.75) is 26.4 Å². The molecule has 3 rings (SSSR count). The molecule has 0 aliphatic rings. The van der Waals surface area contributed by atoms with Gasteiger partial charge in [0.05, 0.1) is 0 Å². The average molecular weight is 252 g/mol. The van der Waals surface area contributed by atoms with Gasteiger partial charge in [0.2, 0.25) is 0 Å². The van der Waals surface area contributed by atoms with E-state index in [1.165, 1.54) is 21.8 Å². The third-order valence-corrected chi connectivity index (χ3v) is 3.93. The van der Waals surface area contributed by atoms with E-state index in [4.69, 9.17) is 5.73 Å². The van der Waals surface area contributed by atoms with Crippen LogP contribution >= 0.6 is 0 Å². The summed E-state index contributed by atoms with van der Waals surface area (Å²) in [7, 11) is 0. The second-order valence-corrected chi connectivity index (χ2v) is 5.55. The van der Waals surface area contributed by atoms with Crippen molar-refractivity contribution in [3.63, 3.8) is 0 Å². The Hall–Kier alpha value is -1.80. The molecular formula is C17H20N2. The lowest BCUT2D eigenvalue weighted by Crippen LogP contribution is -2.31. The zero-order valence-electron chi connectivity index (χ0n) is 11.5. The summed E-state index contributed by atoms with van der Waals surface area (Å²) in [6.07, 6.45) is 0. The Balaban J connectivity index is 2.25. The van der Waals surface area contributed by atoms with Crippen molar-refractivity contribution in [1.29, 1.82) is 0 Å². The fraction of sp³-hybridized carbons (Fsp3) is 0.294. The van der Waals surface area contributed by atoms with Crippen LogP contribution in [0.3, 0.4) is 0 Å². The predicted octanol–water partition coefficient (Wildman–Crippen LogP) is 3.78. The molecule has 0 bridgehead atoms. The van der Waals surface area contributed by atoms with E-state index in [9.17, 15) is 0 Å². The zero-order chi connectivity index (χ0) is 13.4. The number of aromatic nitrogens is 1. The summed E-state index contributed by atoms with van der Waals surface area (Å²) in [5.41, 5.74) is 8.82. The lowest BCUT2D eigenvalue weighted by molar-refractivity contribution is 0.444. The number of benzene rings is 2. The third kappa shape index (κ3) is 2.02. The van der Waals surface area contributed by atoms with Crippen molar-refractivity contribution >= 4 is 21.8 Å². The second-order valence-electron chi connectivity index (χ2n) is 5.55. The first-order valence-electron chi connectivity index (χ1n) is 6.90. The normalized spacial score (nSPS) is 13.5. The Morgan fingerprint density at radius 1 is 0.895 bits per heavy atom. The molecule has 0 aliphatic carbocycles. The van der Waals surface area contributed by atoms with Crippen LogP contribution in [-0.4, -0.2) is 10.6 Å². The fourth-order valence-corrected chi connectivity index (χ4v) is 2.62. The summed E-state index contributed by atoms with van der Waals surface area (Å²) in [5, 5.41) is 2.63. The molecule has 2 N–H and O–H groups in total. The van der Waals surface area contributed by atoms with E-state index in [-0.39, 0.29) is 6.04 Å². The quantitative estimate of drug-likeness (QED) is 0.755. The number of hydrogen-bond donors (Lipinski definition) is 1. The molecule has 0 spiro atoms. The summed E-state index contributed by atoms with van der Waals surface area (Å²) in [6, 6.07) is 17.3. The predicted molar refractivity (Wildman–Crippen MR) is 82.3 cm³/mol. The molecule has 2 aromatic carbocycles. The first kappa shape index (κ1) is 12.2. The highest BCUT2D eigenvalue weighted by Crippen LogP contribution is 2.29. The van der Waals surface area contributed by atoms with Gasteiger partial charge in [-0.2, -0.15) is 0 Å². The van der Waals surface area contributed by atoms with E-state index < -0.39 is 0 Å². The SMILES string of the molecule is CC(C)C(N)Cn1c2ccccc2c2ccccc21. The summed E-state index contributed by atoms with van der Waals surface area (Å²) >= 11 is 0. The standard InChI is InChI=1S/C17H20N2/c1-12(2)15(18)11-19-16-9-5-3-7-13(16)14-8-4-6-10-17(14)19/h3-10,12,15H,11,18H2,1-2H3. The molecule has 1 atom stereocenters. The van der Waals surface area contributed by atoms with Crippen molar-refractivity contribution in [2.75, 3.05) is 0 Å². The van der Waals surface area contributed by atoms with Gasteiger partial charge in [0.1, 0.15) is 0 Å². The maximum absolute atomic E-state index is 6.27. The molecule has 0 fully saturated rings. The van der Waals surface area contributed by atoms with Crippen LogP contribution in [0.25, 0.3) is 21.8 Å². The Bertz CT molecular complexity index is 656. The summed E-state index contributed by atoms with van der Waals surface area (Å²) in [4.78, 5) is 0. The number of nitrogens with two attached hydrogens (primary N) is 1. The number of nitrogens with zero attached hydrogens (tertiary/aromatic N) is 1. The number of hydrogen-bond acceptors (Lipinski definition) is 1. The van der Waals surface area contributed by atoms with Crippen molar-refractivity contribution in [3.05, 3.63) is 48.5 Å². The van der Waals surface area contributed by atoms with Crippen LogP contribution in [0.15, 0.2) is 48.5 Å². The van der Waals surface area contributed by atoms with E-state index >= 15 is 0 Å². The maximum Gasteiger partial charge on any atom is 0.0491 e. The number of fused-ring (bicyclic) bond motifs is 3. The van der Waals surface area contributed by atoms with E-state index in [2.05, 4.69) is 66.9 Å². The van der Waals surface area contributed by atoms with Crippen LogP contribution in [0.4, 0.5) is 0 Å². The van der Waals surface area contributed by atoms with Crippen molar-refractivity contribution in [3.8, 4) is 0 Å². The molecule has 2 nitrogen and oxygen atoms in total. The smallest absolute Gasteiger partial charge is 0.0491 e. The molecule has 0 saturated heterocycles. The third-order valence-electron chi connectivity index (χ3n) is 3.93. The van der Waals surface area contributed by atoms with Gasteiger partial charge >= 0.3 is 0 Å². The molecule has 0 saturated carbocycles. The monoisotopic (exact) mass is 252 g/mol. The Morgan fingerprint density at radius 3 is 1.84 bits per heavy atom. The van der Waals surface area contributed by atoms with Gasteiger partial charge in [0.15, 0.2) is 0 Å². The van der Waals surface area contributed by atoms with Crippen LogP contribution in [0, 0.1) is 5.92 Å². The van der Waals surface area contributed by atoms with Crippen LogP contribution < -0.4 is 5.73 Å². The average Bonchev–Trinajstić information content (AvgIpc) is 2.74. The highest BCUT2D eigenvalue weighted by atomic mass is 15.0. The van der Waals surface area contributed by atoms with Gasteiger partial charge in [-0.15, -0.1) is 0 Å². The van der Waals surface area contributed by atoms with Crippen molar-refractivity contribution < 1.29 is 0 Å². The van der Waals surface area contributed by atoms with Gasteiger partial charge in [0, 0.05) is 34.4 Å². The summed E-state index contributed by atoms with van der Waals surface area (Å²) in [6.45, 7) is 5.22. The second kappa shape index (κ2) is 4.71. The van der Waals surface area contributed by atoms with Crippen LogP contribution in [0.5, 0.6) is 0 Å². The molecule has 98 valence electrons. The number of para-hydroxylation sites is 2. The minimum atomic E-state index is 0.180. The lowest BCUT2D eigenvalue weighted by atomic mass is 10.1. The topological polar surface area (TPSA) is 30.9 Å². The molecule has 1 heterocycles. The van der Waals surface area contributed by atoms with Gasteiger partial charge in [-0.1, -0.05) is 50.2 Å². The van der Waals surface area contributed by atoms with Gasteiger partial charge in [-0.05, 0) is 18.1 Å². The van der Waals surface area contributed by atoms with Crippen LogP contribution in [0.1, 0.15) is 13.8 Å². The molecule has 0 aliphatic heterocycles. The first-order valence-corrected chi connectivity index (χ1v) is 6.90. The maximum atomic E-state index is 6.27. The molecule has 0 radical (unpaired) electrons. The highest BCUT2D eigenvalue weighted by molar-refractivity contribution is 6.07. The molecule has 19 heavy (non-hydrogen) atoms. The molecule has 1 aromatic heterocycles. The van der Waals surface area contributed by atoms with E-state index in [1.807, 2.05) is 0 Å².